The molecule has 1 aliphatic heterocycles. The van der Waals surface area contributed by atoms with E-state index in [0.717, 1.165) is 23.5 Å². The van der Waals surface area contributed by atoms with Gasteiger partial charge in [0.15, 0.2) is 5.69 Å². The van der Waals surface area contributed by atoms with Gasteiger partial charge >= 0.3 is 6.18 Å². The SMILES string of the molecule is C[C@H]1C[C@@H](COc2cccnc2C(F)(F)F)CN(C(=O)c2ccc3cc[nH]c3c2)C1. The Hall–Kier alpha value is -3.03. The van der Waals surface area contributed by atoms with E-state index in [1.165, 1.54) is 12.1 Å². The van der Waals surface area contributed by atoms with E-state index in [-0.39, 0.29) is 30.1 Å². The van der Waals surface area contributed by atoms with Crippen LogP contribution in [-0.4, -0.2) is 40.5 Å². The van der Waals surface area contributed by atoms with Crippen molar-refractivity contribution in [3.63, 3.8) is 0 Å². The lowest BCUT2D eigenvalue weighted by molar-refractivity contribution is -0.142. The Labute approximate surface area is 171 Å². The molecule has 0 aliphatic carbocycles. The van der Waals surface area contributed by atoms with Crippen LogP contribution < -0.4 is 4.74 Å². The molecule has 0 saturated carbocycles. The predicted octanol–water partition coefficient (Wildman–Crippen LogP) is 4.76. The van der Waals surface area contributed by atoms with Crippen molar-refractivity contribution in [3.8, 4) is 5.75 Å². The fourth-order valence-corrected chi connectivity index (χ4v) is 4.06. The van der Waals surface area contributed by atoms with Crippen LogP contribution in [0.5, 0.6) is 5.75 Å². The summed E-state index contributed by atoms with van der Waals surface area (Å²) in [7, 11) is 0. The standard InChI is InChI=1S/C22H22F3N3O2/c1-14-9-15(13-30-19-3-2-7-27-20(19)22(23,24)25)12-28(11-14)21(29)17-5-4-16-6-8-26-18(16)10-17/h2-8,10,14-15,26H,9,11-13H2,1H3/t14-,15+/m0/s1. The van der Waals surface area contributed by atoms with E-state index in [1.54, 1.807) is 11.0 Å². The molecule has 1 aromatic carbocycles. The number of hydrogen-bond donors (Lipinski definition) is 1. The molecule has 0 spiro atoms. The zero-order valence-electron chi connectivity index (χ0n) is 16.4. The monoisotopic (exact) mass is 417 g/mol. The van der Waals surface area contributed by atoms with Gasteiger partial charge in [-0.1, -0.05) is 13.0 Å². The van der Waals surface area contributed by atoms with Gasteiger partial charge in [-0.25, -0.2) is 4.98 Å². The van der Waals surface area contributed by atoms with E-state index >= 15 is 0 Å². The smallest absolute Gasteiger partial charge is 0.437 e. The van der Waals surface area contributed by atoms with Crippen molar-refractivity contribution >= 4 is 16.8 Å². The first kappa shape index (κ1) is 20.3. The molecule has 0 bridgehead atoms. The average Bonchev–Trinajstić information content (AvgIpc) is 3.18. The number of benzene rings is 1. The van der Waals surface area contributed by atoms with E-state index in [9.17, 15) is 18.0 Å². The van der Waals surface area contributed by atoms with Crippen molar-refractivity contribution in [1.82, 2.24) is 14.9 Å². The molecule has 5 nitrogen and oxygen atoms in total. The number of H-pyrrole nitrogens is 1. The number of hydrogen-bond acceptors (Lipinski definition) is 3. The van der Waals surface area contributed by atoms with Gasteiger partial charge in [-0.05, 0) is 48.1 Å². The van der Waals surface area contributed by atoms with Gasteiger partial charge in [0, 0.05) is 42.5 Å². The number of carbonyl (C=O) groups excluding carboxylic acids is 1. The second-order valence-electron chi connectivity index (χ2n) is 7.86. The van der Waals surface area contributed by atoms with Crippen molar-refractivity contribution in [2.75, 3.05) is 19.7 Å². The summed E-state index contributed by atoms with van der Waals surface area (Å²) in [6, 6.07) is 10.2. The lowest BCUT2D eigenvalue weighted by Crippen LogP contribution is -2.44. The molecular formula is C22H22F3N3O2. The summed E-state index contributed by atoms with van der Waals surface area (Å²) in [5.41, 5.74) is 0.452. The number of halogens is 3. The van der Waals surface area contributed by atoms with Crippen molar-refractivity contribution < 1.29 is 22.7 Å². The Morgan fingerprint density at radius 1 is 1.27 bits per heavy atom. The number of nitrogens with one attached hydrogen (secondary N) is 1. The molecule has 3 aromatic rings. The van der Waals surface area contributed by atoms with Gasteiger partial charge in [0.25, 0.3) is 5.91 Å². The zero-order chi connectivity index (χ0) is 21.3. The molecule has 3 heterocycles. The Morgan fingerprint density at radius 2 is 2.10 bits per heavy atom. The second-order valence-corrected chi connectivity index (χ2v) is 7.86. The molecule has 30 heavy (non-hydrogen) atoms. The molecule has 0 unspecified atom stereocenters. The van der Waals surface area contributed by atoms with Crippen LogP contribution >= 0.6 is 0 Å². The third kappa shape index (κ3) is 4.27. The van der Waals surface area contributed by atoms with Crippen molar-refractivity contribution in [1.29, 1.82) is 0 Å². The van der Waals surface area contributed by atoms with Crippen LogP contribution in [0.15, 0.2) is 48.8 Å². The van der Waals surface area contributed by atoms with Crippen molar-refractivity contribution in [2.24, 2.45) is 11.8 Å². The maximum atomic E-state index is 13.1. The second kappa shape index (κ2) is 8.01. The third-order valence-electron chi connectivity index (χ3n) is 5.35. The van der Waals surface area contributed by atoms with E-state index in [1.807, 2.05) is 31.3 Å². The Balaban J connectivity index is 1.45. The van der Waals surface area contributed by atoms with E-state index < -0.39 is 11.9 Å². The Kier molecular flexibility index (Phi) is 5.40. The highest BCUT2D eigenvalue weighted by molar-refractivity contribution is 5.98. The predicted molar refractivity (Wildman–Crippen MR) is 106 cm³/mol. The number of fused-ring (bicyclic) bond motifs is 1. The van der Waals surface area contributed by atoms with Crippen LogP contribution in [0, 0.1) is 11.8 Å². The summed E-state index contributed by atoms with van der Waals surface area (Å²) in [4.78, 5) is 21.3. The summed E-state index contributed by atoms with van der Waals surface area (Å²) >= 11 is 0. The third-order valence-corrected chi connectivity index (χ3v) is 5.35. The van der Waals surface area contributed by atoms with Crippen LogP contribution in [-0.2, 0) is 6.18 Å². The molecule has 1 N–H and O–H groups in total. The fraction of sp³-hybridized carbons (Fsp3) is 0.364. The molecule has 1 fully saturated rings. The molecule has 2 atom stereocenters. The molecule has 1 aliphatic rings. The molecule has 158 valence electrons. The number of alkyl halides is 3. The van der Waals surface area contributed by atoms with Gasteiger partial charge in [-0.2, -0.15) is 13.2 Å². The molecular weight excluding hydrogens is 395 g/mol. The van der Waals surface area contributed by atoms with Crippen LogP contribution in [0.3, 0.4) is 0 Å². The normalized spacial score (nSPS) is 19.8. The molecule has 8 heteroatoms. The number of piperidine rings is 1. The van der Waals surface area contributed by atoms with E-state index in [4.69, 9.17) is 4.74 Å². The molecule has 2 aromatic heterocycles. The first-order valence-corrected chi connectivity index (χ1v) is 9.82. The fourth-order valence-electron chi connectivity index (χ4n) is 4.06. The van der Waals surface area contributed by atoms with Crippen LogP contribution in [0.1, 0.15) is 29.4 Å². The topological polar surface area (TPSA) is 58.2 Å². The van der Waals surface area contributed by atoms with Gasteiger partial charge in [0.1, 0.15) is 5.75 Å². The maximum absolute atomic E-state index is 13.1. The highest BCUT2D eigenvalue weighted by Gasteiger charge is 2.36. The number of aromatic amines is 1. The molecule has 0 radical (unpaired) electrons. The summed E-state index contributed by atoms with van der Waals surface area (Å²) < 4.78 is 44.9. The minimum Gasteiger partial charge on any atom is -0.491 e. The van der Waals surface area contributed by atoms with Gasteiger partial charge in [-0.15, -0.1) is 0 Å². The summed E-state index contributed by atoms with van der Waals surface area (Å²) in [6.07, 6.45) is -0.876. The van der Waals surface area contributed by atoms with Crippen molar-refractivity contribution in [3.05, 3.63) is 60.0 Å². The minimum absolute atomic E-state index is 0.0618. The van der Waals surface area contributed by atoms with Gasteiger partial charge in [-0.3, -0.25) is 4.79 Å². The number of amides is 1. The first-order valence-electron chi connectivity index (χ1n) is 9.82. The number of pyridine rings is 1. The van der Waals surface area contributed by atoms with Crippen LogP contribution in [0.25, 0.3) is 10.9 Å². The summed E-state index contributed by atoms with van der Waals surface area (Å²) in [5, 5.41) is 1.03. The molecule has 1 saturated heterocycles. The first-order chi connectivity index (χ1) is 14.3. The zero-order valence-corrected chi connectivity index (χ0v) is 16.4. The highest BCUT2D eigenvalue weighted by atomic mass is 19.4. The number of likely N-dealkylation sites (tertiary alicyclic amines) is 1. The minimum atomic E-state index is -4.57. The lowest BCUT2D eigenvalue weighted by atomic mass is 9.90. The summed E-state index contributed by atoms with van der Waals surface area (Å²) in [5.74, 6) is -0.201. The summed E-state index contributed by atoms with van der Waals surface area (Å²) in [6.45, 7) is 3.18. The number of rotatable bonds is 4. The quantitative estimate of drug-likeness (QED) is 0.666. The van der Waals surface area contributed by atoms with E-state index in [2.05, 4.69) is 9.97 Å². The van der Waals surface area contributed by atoms with Crippen molar-refractivity contribution in [2.45, 2.75) is 19.5 Å². The van der Waals surface area contributed by atoms with Gasteiger partial charge < -0.3 is 14.6 Å². The van der Waals surface area contributed by atoms with Crippen LogP contribution in [0.4, 0.5) is 13.2 Å². The van der Waals surface area contributed by atoms with Gasteiger partial charge in [0.2, 0.25) is 0 Å². The largest absolute Gasteiger partial charge is 0.491 e. The maximum Gasteiger partial charge on any atom is 0.437 e. The Morgan fingerprint density at radius 3 is 2.90 bits per heavy atom. The lowest BCUT2D eigenvalue weighted by Gasteiger charge is -2.36. The number of ether oxygens (including phenoxy) is 1. The number of nitrogens with zero attached hydrogens (tertiary/aromatic N) is 2. The average molecular weight is 417 g/mol. The number of aromatic nitrogens is 2. The van der Waals surface area contributed by atoms with Crippen LogP contribution in [0.2, 0.25) is 0 Å². The molecule has 1 amide bonds. The Bertz CT molecular complexity index is 1050. The highest BCUT2D eigenvalue weighted by Crippen LogP contribution is 2.34. The number of carbonyl (C=O) groups is 1. The molecule has 4 rings (SSSR count). The van der Waals surface area contributed by atoms with E-state index in [0.29, 0.717) is 18.7 Å². The van der Waals surface area contributed by atoms with Gasteiger partial charge in [0.05, 0.1) is 6.61 Å².